The second-order valence-electron chi connectivity index (χ2n) is 3.59. The molecular formula is C11H14NO2-. The summed E-state index contributed by atoms with van der Waals surface area (Å²) in [6.07, 6.45) is 0.924. The molecule has 1 saturated heterocycles. The van der Waals surface area contributed by atoms with Crippen LogP contribution in [0.1, 0.15) is 12.0 Å². The van der Waals surface area contributed by atoms with Gasteiger partial charge in [-0.05, 0) is 6.42 Å². The van der Waals surface area contributed by atoms with E-state index in [1.807, 2.05) is 12.1 Å². The molecular weight excluding hydrogens is 178 g/mol. The Kier molecular flexibility index (Phi) is 2.59. The van der Waals surface area contributed by atoms with E-state index in [0.29, 0.717) is 0 Å². The standard InChI is InChI=1S/C11H14NO2/c1-14-11(13)10-6-7-12(10)8-9-4-2-3-5-9/h2-5,10H,6-8H2,1H3/q-1/t10-/m0/s1. The van der Waals surface area contributed by atoms with Gasteiger partial charge >= 0.3 is 5.97 Å². The maximum Gasteiger partial charge on any atom is 0.323 e. The molecule has 0 aliphatic carbocycles. The van der Waals surface area contributed by atoms with E-state index in [0.717, 1.165) is 19.5 Å². The summed E-state index contributed by atoms with van der Waals surface area (Å²) in [6, 6.07) is 8.17. The number of hydrogen-bond donors (Lipinski definition) is 0. The summed E-state index contributed by atoms with van der Waals surface area (Å²) < 4.78 is 4.72. The number of carbonyl (C=O) groups is 1. The molecule has 14 heavy (non-hydrogen) atoms. The summed E-state index contributed by atoms with van der Waals surface area (Å²) in [7, 11) is 1.45. The average molecular weight is 192 g/mol. The van der Waals surface area contributed by atoms with Crippen LogP contribution in [0.2, 0.25) is 0 Å². The number of rotatable bonds is 3. The van der Waals surface area contributed by atoms with Gasteiger partial charge in [0.05, 0.1) is 7.11 Å². The maximum atomic E-state index is 11.3. The number of carbonyl (C=O) groups excluding carboxylic acids is 1. The van der Waals surface area contributed by atoms with E-state index in [1.165, 1.54) is 12.7 Å². The van der Waals surface area contributed by atoms with Crippen LogP contribution in [-0.2, 0) is 16.1 Å². The van der Waals surface area contributed by atoms with Crippen LogP contribution in [-0.4, -0.2) is 30.6 Å². The highest BCUT2D eigenvalue weighted by molar-refractivity contribution is 5.76. The molecule has 1 aliphatic rings. The third-order valence-corrected chi connectivity index (χ3v) is 2.72. The molecule has 0 radical (unpaired) electrons. The normalized spacial score (nSPS) is 21.6. The minimum Gasteiger partial charge on any atom is -0.468 e. The van der Waals surface area contributed by atoms with Crippen molar-refractivity contribution in [1.29, 1.82) is 0 Å². The van der Waals surface area contributed by atoms with E-state index in [2.05, 4.69) is 17.0 Å². The molecule has 3 heteroatoms. The predicted octanol–water partition coefficient (Wildman–Crippen LogP) is 1.15. The van der Waals surface area contributed by atoms with E-state index in [4.69, 9.17) is 4.74 Å². The Morgan fingerprint density at radius 1 is 1.79 bits per heavy atom. The number of ether oxygens (including phenoxy) is 1. The number of esters is 1. The summed E-state index contributed by atoms with van der Waals surface area (Å²) in [5, 5.41) is 0. The number of hydrogen-bond acceptors (Lipinski definition) is 3. The molecule has 2 rings (SSSR count). The Morgan fingerprint density at radius 3 is 3.14 bits per heavy atom. The van der Waals surface area contributed by atoms with Gasteiger partial charge in [-0.2, -0.15) is 17.7 Å². The van der Waals surface area contributed by atoms with Crippen LogP contribution < -0.4 is 0 Å². The Morgan fingerprint density at radius 2 is 2.64 bits per heavy atom. The lowest BCUT2D eigenvalue weighted by Crippen LogP contribution is -2.51. The molecule has 1 aromatic carbocycles. The molecule has 0 aromatic heterocycles. The average Bonchev–Trinajstić information content (AvgIpc) is 2.64. The van der Waals surface area contributed by atoms with Gasteiger partial charge in [-0.3, -0.25) is 9.69 Å². The van der Waals surface area contributed by atoms with E-state index in [1.54, 1.807) is 0 Å². The van der Waals surface area contributed by atoms with Crippen LogP contribution in [0.4, 0.5) is 0 Å². The van der Waals surface area contributed by atoms with Crippen molar-refractivity contribution in [3.8, 4) is 0 Å². The molecule has 76 valence electrons. The van der Waals surface area contributed by atoms with Crippen molar-refractivity contribution in [2.75, 3.05) is 13.7 Å². The second kappa shape index (κ2) is 3.88. The van der Waals surface area contributed by atoms with Crippen molar-refractivity contribution in [2.45, 2.75) is 19.0 Å². The highest BCUT2D eigenvalue weighted by Crippen LogP contribution is 2.21. The van der Waals surface area contributed by atoms with Crippen molar-refractivity contribution in [1.82, 2.24) is 4.90 Å². The van der Waals surface area contributed by atoms with Gasteiger partial charge in [0, 0.05) is 13.1 Å². The second-order valence-corrected chi connectivity index (χ2v) is 3.59. The zero-order valence-corrected chi connectivity index (χ0v) is 8.27. The van der Waals surface area contributed by atoms with Gasteiger partial charge in [-0.15, -0.1) is 0 Å². The lowest BCUT2D eigenvalue weighted by atomic mass is 10.0. The fraction of sp³-hybridized carbons (Fsp3) is 0.455. The van der Waals surface area contributed by atoms with Crippen LogP contribution in [0.3, 0.4) is 0 Å². The number of nitrogens with zero attached hydrogens (tertiary/aromatic N) is 1. The van der Waals surface area contributed by atoms with Crippen LogP contribution in [0.5, 0.6) is 0 Å². The number of methoxy groups -OCH3 is 1. The molecule has 3 nitrogen and oxygen atoms in total. The summed E-state index contributed by atoms with van der Waals surface area (Å²) in [5.41, 5.74) is 1.26. The molecule has 1 fully saturated rings. The van der Waals surface area contributed by atoms with Gasteiger partial charge < -0.3 is 4.74 Å². The highest BCUT2D eigenvalue weighted by atomic mass is 16.5. The molecule has 1 heterocycles. The Balaban J connectivity index is 1.91. The van der Waals surface area contributed by atoms with E-state index >= 15 is 0 Å². The fourth-order valence-corrected chi connectivity index (χ4v) is 1.79. The third-order valence-electron chi connectivity index (χ3n) is 2.72. The minimum absolute atomic E-state index is 0.0186. The van der Waals surface area contributed by atoms with Crippen molar-refractivity contribution in [3.05, 3.63) is 29.8 Å². The van der Waals surface area contributed by atoms with Crippen molar-refractivity contribution in [2.24, 2.45) is 0 Å². The predicted molar refractivity (Wildman–Crippen MR) is 52.9 cm³/mol. The summed E-state index contributed by atoms with van der Waals surface area (Å²) in [4.78, 5) is 13.4. The lowest BCUT2D eigenvalue weighted by molar-refractivity contribution is -0.152. The summed E-state index contributed by atoms with van der Waals surface area (Å²) in [6.45, 7) is 1.84. The van der Waals surface area contributed by atoms with E-state index in [-0.39, 0.29) is 12.0 Å². The largest absolute Gasteiger partial charge is 0.468 e. The van der Waals surface area contributed by atoms with Crippen LogP contribution in [0, 0.1) is 0 Å². The molecule has 0 amide bonds. The van der Waals surface area contributed by atoms with Crippen molar-refractivity contribution in [3.63, 3.8) is 0 Å². The third kappa shape index (κ3) is 1.68. The smallest absolute Gasteiger partial charge is 0.323 e. The minimum atomic E-state index is -0.109. The Bertz CT molecular complexity index is 305. The van der Waals surface area contributed by atoms with Gasteiger partial charge in [0.25, 0.3) is 0 Å². The lowest BCUT2D eigenvalue weighted by Gasteiger charge is -2.39. The van der Waals surface area contributed by atoms with Crippen LogP contribution >= 0.6 is 0 Å². The van der Waals surface area contributed by atoms with E-state index < -0.39 is 0 Å². The first-order valence-electron chi connectivity index (χ1n) is 4.83. The van der Waals surface area contributed by atoms with Gasteiger partial charge in [-0.1, -0.05) is 0 Å². The molecule has 0 N–H and O–H groups in total. The first-order chi connectivity index (χ1) is 6.81. The molecule has 1 aromatic rings. The van der Waals surface area contributed by atoms with E-state index in [9.17, 15) is 4.79 Å². The number of likely N-dealkylation sites (tertiary alicyclic amines) is 1. The fourth-order valence-electron chi connectivity index (χ4n) is 1.79. The zero-order chi connectivity index (χ0) is 9.97. The van der Waals surface area contributed by atoms with Gasteiger partial charge in [0.2, 0.25) is 0 Å². The van der Waals surface area contributed by atoms with Crippen LogP contribution in [0.15, 0.2) is 24.3 Å². The first kappa shape index (κ1) is 9.34. The molecule has 1 atom stereocenters. The molecule has 0 bridgehead atoms. The SMILES string of the molecule is COC(=O)[C@@H]1CCN1Cc1ccc[cH-]1. The molecule has 1 aliphatic heterocycles. The molecule has 0 saturated carbocycles. The molecule has 0 unspecified atom stereocenters. The van der Waals surface area contributed by atoms with Crippen molar-refractivity contribution >= 4 is 5.97 Å². The summed E-state index contributed by atoms with van der Waals surface area (Å²) in [5.74, 6) is -0.109. The van der Waals surface area contributed by atoms with Crippen molar-refractivity contribution < 1.29 is 9.53 Å². The Hall–Kier alpha value is -1.22. The van der Waals surface area contributed by atoms with Gasteiger partial charge in [0.15, 0.2) is 0 Å². The summed E-state index contributed by atoms with van der Waals surface area (Å²) >= 11 is 0. The zero-order valence-electron chi connectivity index (χ0n) is 8.27. The quantitative estimate of drug-likeness (QED) is 0.531. The highest BCUT2D eigenvalue weighted by Gasteiger charge is 2.34. The van der Waals surface area contributed by atoms with Crippen LogP contribution in [0.25, 0.3) is 0 Å². The molecule has 0 spiro atoms. The maximum absolute atomic E-state index is 11.3. The topological polar surface area (TPSA) is 29.5 Å². The first-order valence-corrected chi connectivity index (χ1v) is 4.83. The monoisotopic (exact) mass is 192 g/mol. The Labute approximate surface area is 83.6 Å². The van der Waals surface area contributed by atoms with Gasteiger partial charge in [-0.25, -0.2) is 12.1 Å². The van der Waals surface area contributed by atoms with Gasteiger partial charge in [0.1, 0.15) is 6.04 Å².